The van der Waals surface area contributed by atoms with E-state index in [0.29, 0.717) is 24.2 Å². The Kier molecular flexibility index (Phi) is 4.85. The number of hydrogen-bond acceptors (Lipinski definition) is 4. The maximum Gasteiger partial charge on any atom is 0.272 e. The summed E-state index contributed by atoms with van der Waals surface area (Å²) in [5, 5.41) is 1.48. The van der Waals surface area contributed by atoms with E-state index in [1.165, 1.54) is 23.2 Å². The number of hydrazine groups is 1. The summed E-state index contributed by atoms with van der Waals surface area (Å²) in [4.78, 5) is 32.0. The molecule has 2 aliphatic rings. The van der Waals surface area contributed by atoms with Gasteiger partial charge in [0.15, 0.2) is 0 Å². The topological polar surface area (TPSA) is 65.5 Å². The van der Waals surface area contributed by atoms with Gasteiger partial charge in [0.1, 0.15) is 5.82 Å². The fourth-order valence-corrected chi connectivity index (χ4v) is 4.22. The third-order valence-corrected chi connectivity index (χ3v) is 5.55. The Hall–Kier alpha value is -2.80. The summed E-state index contributed by atoms with van der Waals surface area (Å²) >= 11 is 0. The number of piperidine rings is 1. The first-order valence-corrected chi connectivity index (χ1v) is 9.49. The highest BCUT2D eigenvalue weighted by atomic mass is 19.1. The van der Waals surface area contributed by atoms with E-state index in [0.717, 1.165) is 25.1 Å². The molecule has 146 valence electrons. The molecular weight excluding hydrogens is 359 g/mol. The number of carbonyl (C=O) groups is 2. The number of amides is 2. The lowest BCUT2D eigenvalue weighted by Crippen LogP contribution is -2.59. The molecule has 2 aliphatic heterocycles. The predicted molar refractivity (Wildman–Crippen MR) is 102 cm³/mol. The number of aromatic nitrogens is 1. The molecule has 6 nitrogen and oxygen atoms in total. The number of aryl methyl sites for hydroxylation is 1. The SMILES string of the molecule is Cc1cc(C(=O)N2NC(=O)CC23CCCN(Cc2ccccn2)C3)ccc1F. The van der Waals surface area contributed by atoms with Gasteiger partial charge in [0.25, 0.3) is 5.91 Å². The van der Waals surface area contributed by atoms with E-state index in [4.69, 9.17) is 0 Å². The van der Waals surface area contributed by atoms with Crippen molar-refractivity contribution < 1.29 is 14.0 Å². The smallest absolute Gasteiger partial charge is 0.272 e. The predicted octanol–water partition coefficient (Wildman–Crippen LogP) is 2.44. The van der Waals surface area contributed by atoms with Crippen molar-refractivity contribution in [2.24, 2.45) is 0 Å². The van der Waals surface area contributed by atoms with Gasteiger partial charge in [-0.2, -0.15) is 0 Å². The van der Waals surface area contributed by atoms with Crippen molar-refractivity contribution in [2.75, 3.05) is 13.1 Å². The molecule has 0 aliphatic carbocycles. The number of nitrogens with zero attached hydrogens (tertiary/aromatic N) is 3. The normalized spacial score (nSPS) is 22.5. The van der Waals surface area contributed by atoms with Crippen molar-refractivity contribution in [3.63, 3.8) is 0 Å². The van der Waals surface area contributed by atoms with E-state index in [1.807, 2.05) is 18.2 Å². The fraction of sp³-hybridized carbons (Fsp3) is 0.381. The summed E-state index contributed by atoms with van der Waals surface area (Å²) in [7, 11) is 0. The highest BCUT2D eigenvalue weighted by Crippen LogP contribution is 2.35. The first-order chi connectivity index (χ1) is 13.5. The number of rotatable bonds is 3. The first kappa shape index (κ1) is 18.6. The van der Waals surface area contributed by atoms with Gasteiger partial charge >= 0.3 is 0 Å². The average Bonchev–Trinajstić information content (AvgIpc) is 2.99. The van der Waals surface area contributed by atoms with Crippen LogP contribution in [0, 0.1) is 12.7 Å². The number of pyridine rings is 1. The number of nitrogens with one attached hydrogen (secondary N) is 1. The Morgan fingerprint density at radius 2 is 2.18 bits per heavy atom. The molecule has 1 aromatic carbocycles. The van der Waals surface area contributed by atoms with Gasteiger partial charge in [-0.3, -0.25) is 24.9 Å². The van der Waals surface area contributed by atoms with E-state index < -0.39 is 5.54 Å². The number of likely N-dealkylation sites (tertiary alicyclic amines) is 1. The molecule has 28 heavy (non-hydrogen) atoms. The molecule has 1 spiro atoms. The van der Waals surface area contributed by atoms with Crippen LogP contribution in [0.4, 0.5) is 4.39 Å². The summed E-state index contributed by atoms with van der Waals surface area (Å²) in [6.07, 6.45) is 3.67. The largest absolute Gasteiger partial charge is 0.295 e. The fourth-order valence-electron chi connectivity index (χ4n) is 4.22. The second kappa shape index (κ2) is 7.31. The Balaban J connectivity index is 1.58. The molecule has 2 fully saturated rings. The molecule has 4 rings (SSSR count). The first-order valence-electron chi connectivity index (χ1n) is 9.49. The van der Waals surface area contributed by atoms with Crippen LogP contribution < -0.4 is 5.43 Å². The quantitative estimate of drug-likeness (QED) is 0.886. The van der Waals surface area contributed by atoms with Gasteiger partial charge in [-0.1, -0.05) is 6.07 Å². The molecule has 1 N–H and O–H groups in total. The Morgan fingerprint density at radius 3 is 2.93 bits per heavy atom. The minimum atomic E-state index is -0.594. The summed E-state index contributed by atoms with van der Waals surface area (Å²) in [5.74, 6) is -0.809. The van der Waals surface area contributed by atoms with E-state index in [1.54, 1.807) is 13.1 Å². The van der Waals surface area contributed by atoms with E-state index in [9.17, 15) is 14.0 Å². The second-order valence-electron chi connectivity index (χ2n) is 7.68. The van der Waals surface area contributed by atoms with Crippen molar-refractivity contribution in [2.45, 2.75) is 38.3 Å². The summed E-state index contributed by atoms with van der Waals surface area (Å²) in [5.41, 5.74) is 3.89. The van der Waals surface area contributed by atoms with E-state index >= 15 is 0 Å². The standard InChI is InChI=1S/C21H23FN4O2/c1-15-11-16(6-7-18(15)22)20(28)26-21(12-19(27)24-26)8-4-10-25(14-21)13-17-5-2-3-9-23-17/h2-3,5-7,9,11H,4,8,10,12-14H2,1H3,(H,24,27). The third-order valence-electron chi connectivity index (χ3n) is 5.55. The van der Waals surface area contributed by atoms with Gasteiger partial charge in [0.2, 0.25) is 5.91 Å². The van der Waals surface area contributed by atoms with Crippen molar-refractivity contribution in [1.82, 2.24) is 20.3 Å². The Labute approximate surface area is 163 Å². The van der Waals surface area contributed by atoms with Gasteiger partial charge in [0.05, 0.1) is 17.7 Å². The Morgan fingerprint density at radius 1 is 1.32 bits per heavy atom. The maximum atomic E-state index is 13.6. The van der Waals surface area contributed by atoms with Crippen LogP contribution in [-0.4, -0.2) is 45.3 Å². The molecule has 1 aromatic heterocycles. The summed E-state index contributed by atoms with van der Waals surface area (Å²) < 4.78 is 13.6. The van der Waals surface area contributed by atoms with Crippen LogP contribution in [-0.2, 0) is 11.3 Å². The minimum Gasteiger partial charge on any atom is -0.295 e. The minimum absolute atomic E-state index is 0.160. The molecule has 2 saturated heterocycles. The molecule has 2 amide bonds. The van der Waals surface area contributed by atoms with Gasteiger partial charge in [-0.25, -0.2) is 9.40 Å². The molecule has 1 unspecified atom stereocenters. The zero-order chi connectivity index (χ0) is 19.7. The van der Waals surface area contributed by atoms with Crippen molar-refractivity contribution >= 4 is 11.8 Å². The summed E-state index contributed by atoms with van der Waals surface area (Å²) in [6.45, 7) is 3.78. The van der Waals surface area contributed by atoms with Crippen LogP contribution in [0.15, 0.2) is 42.6 Å². The van der Waals surface area contributed by atoms with Crippen LogP contribution in [0.5, 0.6) is 0 Å². The maximum absolute atomic E-state index is 13.6. The van der Waals surface area contributed by atoms with Crippen LogP contribution in [0.2, 0.25) is 0 Å². The molecule has 7 heteroatoms. The number of carbonyl (C=O) groups excluding carboxylic acids is 2. The van der Waals surface area contributed by atoms with E-state index in [-0.39, 0.29) is 24.1 Å². The summed E-state index contributed by atoms with van der Waals surface area (Å²) in [6, 6.07) is 10.1. The lowest BCUT2D eigenvalue weighted by atomic mass is 9.85. The Bertz CT molecular complexity index is 905. The van der Waals surface area contributed by atoms with Crippen molar-refractivity contribution in [1.29, 1.82) is 0 Å². The molecule has 1 atom stereocenters. The second-order valence-corrected chi connectivity index (χ2v) is 7.68. The number of benzene rings is 1. The molecule has 0 radical (unpaired) electrons. The van der Waals surface area contributed by atoms with E-state index in [2.05, 4.69) is 15.3 Å². The number of hydrogen-bond donors (Lipinski definition) is 1. The zero-order valence-corrected chi connectivity index (χ0v) is 15.8. The molecule has 3 heterocycles. The molecule has 2 aromatic rings. The van der Waals surface area contributed by atoms with Crippen molar-refractivity contribution in [3.05, 3.63) is 65.2 Å². The lowest BCUT2D eigenvalue weighted by molar-refractivity contribution is -0.120. The molecular formula is C21H23FN4O2. The number of halogens is 1. The lowest BCUT2D eigenvalue weighted by Gasteiger charge is -2.44. The van der Waals surface area contributed by atoms with Crippen molar-refractivity contribution in [3.8, 4) is 0 Å². The van der Waals surface area contributed by atoms with Gasteiger partial charge in [0, 0.05) is 24.8 Å². The van der Waals surface area contributed by atoms with Crippen LogP contribution in [0.3, 0.4) is 0 Å². The zero-order valence-electron chi connectivity index (χ0n) is 15.8. The molecule has 0 saturated carbocycles. The highest BCUT2D eigenvalue weighted by Gasteiger charge is 2.50. The highest BCUT2D eigenvalue weighted by molar-refractivity contribution is 5.98. The van der Waals surface area contributed by atoms with Crippen LogP contribution in [0.1, 0.15) is 40.9 Å². The van der Waals surface area contributed by atoms with Crippen LogP contribution >= 0.6 is 0 Å². The average molecular weight is 382 g/mol. The van der Waals surface area contributed by atoms with Gasteiger partial charge < -0.3 is 0 Å². The third kappa shape index (κ3) is 3.49. The van der Waals surface area contributed by atoms with Gasteiger partial charge in [-0.15, -0.1) is 0 Å². The monoisotopic (exact) mass is 382 g/mol. The van der Waals surface area contributed by atoms with Crippen LogP contribution in [0.25, 0.3) is 0 Å². The van der Waals surface area contributed by atoms with Gasteiger partial charge in [-0.05, 0) is 62.2 Å². The molecule has 0 bridgehead atoms.